The molecule has 4 N–H and O–H groups in total. The summed E-state index contributed by atoms with van der Waals surface area (Å²) in [5, 5.41) is 22.4. The second kappa shape index (κ2) is 5.56. The van der Waals surface area contributed by atoms with Crippen molar-refractivity contribution in [2.24, 2.45) is 0 Å². The molecule has 0 rings (SSSR count). The maximum Gasteiger partial charge on any atom is 0.239 e. The first-order valence-electron chi connectivity index (χ1n) is 4.20. The third-order valence-corrected chi connectivity index (χ3v) is 1.64. The summed E-state index contributed by atoms with van der Waals surface area (Å²) in [7, 11) is 0. The Morgan fingerprint density at radius 3 is 2.14 bits per heavy atom. The summed E-state index contributed by atoms with van der Waals surface area (Å²) in [6.07, 6.45) is 0. The van der Waals surface area contributed by atoms with E-state index in [0.717, 1.165) is 0 Å². The van der Waals surface area contributed by atoms with Crippen molar-refractivity contribution in [2.75, 3.05) is 19.8 Å². The summed E-state index contributed by atoms with van der Waals surface area (Å²) >= 11 is 0. The molecule has 0 heterocycles. The maximum absolute atomic E-state index is 11.1. The summed E-state index contributed by atoms with van der Waals surface area (Å²) in [6.45, 7) is 1.90. The summed E-state index contributed by atoms with van der Waals surface area (Å²) in [5.41, 5.74) is -1.05. The molecule has 0 atom stereocenters. The van der Waals surface area contributed by atoms with Gasteiger partial charge in [-0.15, -0.1) is 0 Å². The highest BCUT2D eigenvalue weighted by molar-refractivity contribution is 5.84. The number of carbonyl (C=O) groups excluding carboxylic acids is 2. The number of aliphatic hydroxyl groups excluding tert-OH is 2. The molecule has 0 bridgehead atoms. The average Bonchev–Trinajstić information content (AvgIpc) is 2.14. The van der Waals surface area contributed by atoms with Gasteiger partial charge < -0.3 is 20.8 Å². The fourth-order valence-electron chi connectivity index (χ4n) is 0.715. The van der Waals surface area contributed by atoms with E-state index in [4.69, 9.17) is 10.2 Å². The van der Waals surface area contributed by atoms with Gasteiger partial charge in [0.05, 0.1) is 25.3 Å². The molecule has 0 fully saturated rings. The number of nitrogens with one attached hydrogen (secondary N) is 2. The van der Waals surface area contributed by atoms with Crippen LogP contribution in [-0.2, 0) is 9.59 Å². The average molecular weight is 204 g/mol. The van der Waals surface area contributed by atoms with E-state index in [2.05, 4.69) is 10.6 Å². The number of amides is 2. The molecule has 2 amide bonds. The SMILES string of the molecule is CC(=O)NCC(=O)NC(C)(CO)CO. The van der Waals surface area contributed by atoms with Gasteiger partial charge in [-0.1, -0.05) is 0 Å². The van der Waals surface area contributed by atoms with Crippen molar-refractivity contribution < 1.29 is 19.8 Å². The third-order valence-electron chi connectivity index (χ3n) is 1.64. The Kier molecular flexibility index (Phi) is 5.11. The molecular formula is C8H16N2O4. The summed E-state index contributed by atoms with van der Waals surface area (Å²) in [4.78, 5) is 21.6. The Bertz CT molecular complexity index is 213. The number of hydrogen-bond donors (Lipinski definition) is 4. The summed E-state index contributed by atoms with van der Waals surface area (Å²) in [5.74, 6) is -0.763. The molecule has 0 aliphatic heterocycles. The van der Waals surface area contributed by atoms with Gasteiger partial charge in [-0.25, -0.2) is 0 Å². The van der Waals surface area contributed by atoms with Gasteiger partial charge in [0.2, 0.25) is 11.8 Å². The van der Waals surface area contributed by atoms with Crippen LogP contribution in [0.25, 0.3) is 0 Å². The lowest BCUT2D eigenvalue weighted by Gasteiger charge is -2.26. The lowest BCUT2D eigenvalue weighted by atomic mass is 10.1. The van der Waals surface area contributed by atoms with E-state index in [1.807, 2.05) is 0 Å². The van der Waals surface area contributed by atoms with Gasteiger partial charge in [-0.2, -0.15) is 0 Å². The van der Waals surface area contributed by atoms with Crippen LogP contribution in [0.4, 0.5) is 0 Å². The third kappa shape index (κ3) is 4.78. The standard InChI is InChI=1S/C8H16N2O4/c1-6(13)9-3-7(14)10-8(2,4-11)5-12/h11-12H,3-5H2,1-2H3,(H,9,13)(H,10,14). The fourth-order valence-corrected chi connectivity index (χ4v) is 0.715. The molecule has 6 heteroatoms. The number of carbonyl (C=O) groups is 2. The molecule has 14 heavy (non-hydrogen) atoms. The van der Waals surface area contributed by atoms with E-state index in [-0.39, 0.29) is 25.7 Å². The first-order valence-corrected chi connectivity index (χ1v) is 4.20. The van der Waals surface area contributed by atoms with Gasteiger partial charge in [0.1, 0.15) is 0 Å². The van der Waals surface area contributed by atoms with E-state index in [9.17, 15) is 9.59 Å². The first-order chi connectivity index (χ1) is 6.43. The van der Waals surface area contributed by atoms with Crippen LogP contribution in [0.2, 0.25) is 0 Å². The van der Waals surface area contributed by atoms with Crippen LogP contribution in [0, 0.1) is 0 Å². The molecule has 0 radical (unpaired) electrons. The predicted octanol–water partition coefficient (Wildman–Crippen LogP) is -2.02. The van der Waals surface area contributed by atoms with Crippen molar-refractivity contribution >= 4 is 11.8 Å². The molecule has 0 aromatic carbocycles. The molecule has 82 valence electrons. The van der Waals surface area contributed by atoms with E-state index in [0.29, 0.717) is 0 Å². The van der Waals surface area contributed by atoms with Gasteiger partial charge in [0.15, 0.2) is 0 Å². The van der Waals surface area contributed by atoms with Crippen molar-refractivity contribution in [3.05, 3.63) is 0 Å². The lowest BCUT2D eigenvalue weighted by Crippen LogP contribution is -2.54. The van der Waals surface area contributed by atoms with E-state index in [1.54, 1.807) is 0 Å². The van der Waals surface area contributed by atoms with Gasteiger partial charge in [-0.05, 0) is 6.92 Å². The Morgan fingerprint density at radius 2 is 1.79 bits per heavy atom. The largest absolute Gasteiger partial charge is 0.394 e. The Hall–Kier alpha value is -1.14. The maximum atomic E-state index is 11.1. The predicted molar refractivity (Wildman–Crippen MR) is 49.4 cm³/mol. The second-order valence-corrected chi connectivity index (χ2v) is 3.33. The van der Waals surface area contributed by atoms with E-state index >= 15 is 0 Å². The highest BCUT2D eigenvalue weighted by atomic mass is 16.3. The summed E-state index contributed by atoms with van der Waals surface area (Å²) in [6, 6.07) is 0. The van der Waals surface area contributed by atoms with Crippen LogP contribution in [0.15, 0.2) is 0 Å². The molecule has 0 aromatic rings. The Morgan fingerprint density at radius 1 is 1.29 bits per heavy atom. The molecule has 6 nitrogen and oxygen atoms in total. The van der Waals surface area contributed by atoms with Gasteiger partial charge in [0.25, 0.3) is 0 Å². The van der Waals surface area contributed by atoms with Crippen LogP contribution < -0.4 is 10.6 Å². The molecule has 0 spiro atoms. The topological polar surface area (TPSA) is 98.7 Å². The normalized spacial score (nSPS) is 10.9. The van der Waals surface area contributed by atoms with E-state index < -0.39 is 11.4 Å². The minimum Gasteiger partial charge on any atom is -0.394 e. The molecule has 0 saturated carbocycles. The summed E-state index contributed by atoms with van der Waals surface area (Å²) < 4.78 is 0. The van der Waals surface area contributed by atoms with Gasteiger partial charge in [-0.3, -0.25) is 9.59 Å². The molecule has 0 unspecified atom stereocenters. The van der Waals surface area contributed by atoms with Crippen molar-refractivity contribution in [3.63, 3.8) is 0 Å². The molecule has 0 aliphatic carbocycles. The zero-order valence-electron chi connectivity index (χ0n) is 8.33. The molecule has 0 aliphatic rings. The highest BCUT2D eigenvalue weighted by Crippen LogP contribution is 1.99. The Labute approximate surface area is 82.3 Å². The second-order valence-electron chi connectivity index (χ2n) is 3.33. The van der Waals surface area contributed by atoms with Crippen LogP contribution >= 0.6 is 0 Å². The smallest absolute Gasteiger partial charge is 0.239 e. The lowest BCUT2D eigenvalue weighted by molar-refractivity contribution is -0.126. The number of rotatable bonds is 5. The fraction of sp³-hybridized carbons (Fsp3) is 0.750. The van der Waals surface area contributed by atoms with Crippen molar-refractivity contribution in [2.45, 2.75) is 19.4 Å². The minimum absolute atomic E-state index is 0.162. The monoisotopic (exact) mass is 204 g/mol. The zero-order chi connectivity index (χ0) is 11.2. The van der Waals surface area contributed by atoms with Crippen LogP contribution in [-0.4, -0.2) is 47.3 Å². The van der Waals surface area contributed by atoms with Crippen LogP contribution in [0.3, 0.4) is 0 Å². The zero-order valence-corrected chi connectivity index (χ0v) is 8.33. The van der Waals surface area contributed by atoms with Crippen molar-refractivity contribution in [1.82, 2.24) is 10.6 Å². The van der Waals surface area contributed by atoms with Crippen molar-refractivity contribution in [3.8, 4) is 0 Å². The van der Waals surface area contributed by atoms with Crippen molar-refractivity contribution in [1.29, 1.82) is 0 Å². The quantitative estimate of drug-likeness (QED) is 0.415. The van der Waals surface area contributed by atoms with E-state index in [1.165, 1.54) is 13.8 Å². The Balaban J connectivity index is 3.97. The highest BCUT2D eigenvalue weighted by Gasteiger charge is 2.24. The molecule has 0 saturated heterocycles. The minimum atomic E-state index is -1.05. The number of hydrogen-bond acceptors (Lipinski definition) is 4. The first kappa shape index (κ1) is 12.9. The molecular weight excluding hydrogens is 188 g/mol. The van der Waals surface area contributed by atoms with Gasteiger partial charge in [0, 0.05) is 6.92 Å². The molecule has 0 aromatic heterocycles. The van der Waals surface area contributed by atoms with Crippen LogP contribution in [0.1, 0.15) is 13.8 Å². The van der Waals surface area contributed by atoms with Gasteiger partial charge >= 0.3 is 0 Å². The number of aliphatic hydroxyl groups is 2. The van der Waals surface area contributed by atoms with Crippen LogP contribution in [0.5, 0.6) is 0 Å².